The van der Waals surface area contributed by atoms with Gasteiger partial charge in [-0.25, -0.2) is 0 Å². The fraction of sp³-hybridized carbons (Fsp3) is 0.800. The molecule has 0 saturated carbocycles. The molecule has 0 aromatic carbocycles. The van der Waals surface area contributed by atoms with Crippen molar-refractivity contribution in [2.45, 2.75) is 39.7 Å². The summed E-state index contributed by atoms with van der Waals surface area (Å²) in [5.74, 6) is 0.644. The molecule has 0 spiro atoms. The summed E-state index contributed by atoms with van der Waals surface area (Å²) in [6, 6.07) is 0. The van der Waals surface area contributed by atoms with Crippen molar-refractivity contribution in [3.05, 3.63) is 12.2 Å². The summed E-state index contributed by atoms with van der Waals surface area (Å²) in [6.07, 6.45) is 5.96. The third-order valence-corrected chi connectivity index (χ3v) is 2.45. The van der Waals surface area contributed by atoms with Gasteiger partial charge in [-0.2, -0.15) is 0 Å². The lowest BCUT2D eigenvalue weighted by atomic mass is 9.75. The van der Waals surface area contributed by atoms with Crippen LogP contribution in [-0.2, 0) is 0 Å². The molecule has 0 bridgehead atoms. The molecule has 0 aliphatic heterocycles. The summed E-state index contributed by atoms with van der Waals surface area (Å²) < 4.78 is 0. The molecule has 0 radical (unpaired) electrons. The average Bonchev–Trinajstić information content (AvgIpc) is 1.86. The lowest BCUT2D eigenvalue weighted by Gasteiger charge is -2.31. The van der Waals surface area contributed by atoms with Crippen molar-refractivity contribution >= 4 is 0 Å². The number of allylic oxidation sites excluding steroid dienone is 1. The van der Waals surface area contributed by atoms with Crippen LogP contribution in [0.15, 0.2) is 12.2 Å². The number of aliphatic hydroxyl groups excluding tert-OH is 1. The van der Waals surface area contributed by atoms with Crippen molar-refractivity contribution in [1.29, 1.82) is 0 Å². The van der Waals surface area contributed by atoms with E-state index in [1.165, 1.54) is 0 Å². The van der Waals surface area contributed by atoms with Gasteiger partial charge in [0, 0.05) is 0 Å². The molecule has 1 nitrogen and oxygen atoms in total. The Morgan fingerprint density at radius 3 is 2.18 bits per heavy atom. The fourth-order valence-corrected chi connectivity index (χ4v) is 1.53. The van der Waals surface area contributed by atoms with Crippen LogP contribution in [0.4, 0.5) is 0 Å². The first-order chi connectivity index (χ1) is 5.00. The second kappa shape index (κ2) is 2.98. The molecule has 0 amide bonds. The van der Waals surface area contributed by atoms with Gasteiger partial charge in [-0.15, -0.1) is 0 Å². The van der Waals surface area contributed by atoms with Crippen molar-refractivity contribution in [2.75, 3.05) is 0 Å². The molecular formula is C10H18O. The minimum atomic E-state index is -0.186. The maximum absolute atomic E-state index is 9.21. The molecule has 1 heteroatoms. The van der Waals surface area contributed by atoms with Crippen LogP contribution in [0.2, 0.25) is 0 Å². The zero-order valence-corrected chi connectivity index (χ0v) is 7.67. The molecule has 0 aromatic heterocycles. The Morgan fingerprint density at radius 1 is 1.18 bits per heavy atom. The van der Waals surface area contributed by atoms with Gasteiger partial charge >= 0.3 is 0 Å². The van der Waals surface area contributed by atoms with Crippen LogP contribution < -0.4 is 0 Å². The molecule has 0 saturated heterocycles. The van der Waals surface area contributed by atoms with Crippen molar-refractivity contribution in [3.8, 4) is 0 Å². The first-order valence-electron chi connectivity index (χ1n) is 4.36. The molecule has 64 valence electrons. The van der Waals surface area contributed by atoms with E-state index in [0.29, 0.717) is 11.3 Å². The van der Waals surface area contributed by atoms with Crippen LogP contribution in [0, 0.1) is 11.3 Å². The maximum Gasteiger partial charge on any atom is 0.0721 e. The average molecular weight is 154 g/mol. The molecule has 1 aliphatic rings. The van der Waals surface area contributed by atoms with E-state index < -0.39 is 0 Å². The molecule has 0 aromatic rings. The van der Waals surface area contributed by atoms with Crippen LogP contribution in [-0.4, -0.2) is 11.2 Å². The third kappa shape index (κ3) is 2.33. The van der Waals surface area contributed by atoms with Crippen LogP contribution in [0.5, 0.6) is 0 Å². The Kier molecular flexibility index (Phi) is 2.38. The number of hydrogen-bond donors (Lipinski definition) is 1. The van der Waals surface area contributed by atoms with Gasteiger partial charge in [-0.05, 0) is 24.2 Å². The fourth-order valence-electron chi connectivity index (χ4n) is 1.53. The van der Waals surface area contributed by atoms with E-state index in [2.05, 4.69) is 26.8 Å². The van der Waals surface area contributed by atoms with Gasteiger partial charge in [0.1, 0.15) is 0 Å². The van der Waals surface area contributed by atoms with E-state index in [4.69, 9.17) is 0 Å². The van der Waals surface area contributed by atoms with Crippen LogP contribution in [0.3, 0.4) is 0 Å². The lowest BCUT2D eigenvalue weighted by molar-refractivity contribution is 0.168. The predicted molar refractivity (Wildman–Crippen MR) is 47.3 cm³/mol. The van der Waals surface area contributed by atoms with E-state index in [9.17, 15) is 5.11 Å². The first-order valence-corrected chi connectivity index (χ1v) is 4.36. The molecule has 1 rings (SSSR count). The Morgan fingerprint density at radius 2 is 1.82 bits per heavy atom. The second-order valence-electron chi connectivity index (χ2n) is 4.50. The zero-order valence-electron chi connectivity index (χ0n) is 7.67. The summed E-state index contributed by atoms with van der Waals surface area (Å²) in [7, 11) is 0. The number of rotatable bonds is 0. The SMILES string of the molecule is CC(C)(C)[C@@H]1C=C[C@@H](O)CC1. The van der Waals surface area contributed by atoms with E-state index in [-0.39, 0.29) is 6.10 Å². The summed E-state index contributed by atoms with van der Waals surface area (Å²) in [5.41, 5.74) is 0.358. The highest BCUT2D eigenvalue weighted by Crippen LogP contribution is 2.33. The number of hydrogen-bond acceptors (Lipinski definition) is 1. The smallest absolute Gasteiger partial charge is 0.0721 e. The topological polar surface area (TPSA) is 20.2 Å². The van der Waals surface area contributed by atoms with Gasteiger partial charge in [0.05, 0.1) is 6.10 Å². The maximum atomic E-state index is 9.21. The van der Waals surface area contributed by atoms with E-state index in [1.54, 1.807) is 0 Å². The second-order valence-corrected chi connectivity index (χ2v) is 4.50. The summed E-state index contributed by atoms with van der Waals surface area (Å²) in [6.45, 7) is 6.75. The Labute approximate surface area is 69.1 Å². The largest absolute Gasteiger partial charge is 0.389 e. The van der Waals surface area contributed by atoms with Gasteiger partial charge in [-0.1, -0.05) is 32.9 Å². The number of aliphatic hydroxyl groups is 1. The van der Waals surface area contributed by atoms with E-state index in [0.717, 1.165) is 12.8 Å². The third-order valence-electron chi connectivity index (χ3n) is 2.45. The Bertz CT molecular complexity index is 153. The van der Waals surface area contributed by atoms with Crippen molar-refractivity contribution < 1.29 is 5.11 Å². The van der Waals surface area contributed by atoms with Crippen molar-refractivity contribution in [2.24, 2.45) is 11.3 Å². The first kappa shape index (κ1) is 8.79. The minimum Gasteiger partial charge on any atom is -0.389 e. The van der Waals surface area contributed by atoms with Crippen LogP contribution in [0.1, 0.15) is 33.6 Å². The van der Waals surface area contributed by atoms with Crippen molar-refractivity contribution in [3.63, 3.8) is 0 Å². The van der Waals surface area contributed by atoms with E-state index in [1.807, 2.05) is 6.08 Å². The minimum absolute atomic E-state index is 0.186. The highest BCUT2D eigenvalue weighted by Gasteiger charge is 2.24. The predicted octanol–water partition coefficient (Wildman–Crippen LogP) is 2.36. The monoisotopic (exact) mass is 154 g/mol. The zero-order chi connectivity index (χ0) is 8.48. The summed E-state index contributed by atoms with van der Waals surface area (Å²) in [5, 5.41) is 9.21. The quantitative estimate of drug-likeness (QED) is 0.531. The van der Waals surface area contributed by atoms with Gasteiger partial charge in [-0.3, -0.25) is 0 Å². The van der Waals surface area contributed by atoms with Crippen molar-refractivity contribution in [1.82, 2.24) is 0 Å². The molecule has 2 atom stereocenters. The lowest BCUT2D eigenvalue weighted by Crippen LogP contribution is -2.23. The van der Waals surface area contributed by atoms with Gasteiger partial charge < -0.3 is 5.11 Å². The molecule has 1 aliphatic carbocycles. The summed E-state index contributed by atoms with van der Waals surface area (Å²) in [4.78, 5) is 0. The molecule has 11 heavy (non-hydrogen) atoms. The standard InChI is InChI=1S/C10H18O/c1-10(2,3)8-4-6-9(11)7-5-8/h4,6,8-9,11H,5,7H2,1-3H3/t8-,9-/m1/s1. The van der Waals surface area contributed by atoms with Crippen LogP contribution >= 0.6 is 0 Å². The van der Waals surface area contributed by atoms with Gasteiger partial charge in [0.25, 0.3) is 0 Å². The highest BCUT2D eigenvalue weighted by atomic mass is 16.3. The van der Waals surface area contributed by atoms with Gasteiger partial charge in [0.2, 0.25) is 0 Å². The molecule has 0 unspecified atom stereocenters. The highest BCUT2D eigenvalue weighted by molar-refractivity contribution is 5.01. The Hall–Kier alpha value is -0.300. The normalized spacial score (nSPS) is 32.4. The summed E-state index contributed by atoms with van der Waals surface area (Å²) >= 11 is 0. The Balaban J connectivity index is 2.57. The van der Waals surface area contributed by atoms with Gasteiger partial charge in [0.15, 0.2) is 0 Å². The van der Waals surface area contributed by atoms with E-state index >= 15 is 0 Å². The molecule has 0 heterocycles. The molecule has 1 N–H and O–H groups in total. The van der Waals surface area contributed by atoms with Crippen LogP contribution in [0.25, 0.3) is 0 Å². The molecular weight excluding hydrogens is 136 g/mol. The molecule has 0 fully saturated rings.